The van der Waals surface area contributed by atoms with Crippen LogP contribution in [-0.2, 0) is 11.0 Å². The third-order valence-corrected chi connectivity index (χ3v) is 6.80. The van der Waals surface area contributed by atoms with Gasteiger partial charge in [-0.15, -0.1) is 0 Å². The highest BCUT2D eigenvalue weighted by Gasteiger charge is 2.40. The van der Waals surface area contributed by atoms with Crippen molar-refractivity contribution in [3.8, 4) is 11.5 Å². The standard InChI is InChI=1S/C27H24F4N4O4/c28-20-6-2-5-19-21(15-24(38)39)35(22-13-16(27(29,30)31)7-8-23(22)37)26(32-25(19)20)34-11-9-33(10-12-34)17-3-1-4-18(36)14-17/h1-8,13-14,21,36-37H,9-12,15H2,(H,38,39)/t21-/m0/s1. The number of hydrogen-bond acceptors (Lipinski definition) is 7. The van der Waals surface area contributed by atoms with Gasteiger partial charge in [-0.3, -0.25) is 4.79 Å². The number of hydrogen-bond donors (Lipinski definition) is 3. The average molecular weight is 545 g/mol. The maximum absolute atomic E-state index is 15.0. The smallest absolute Gasteiger partial charge is 0.416 e. The van der Waals surface area contributed by atoms with E-state index in [9.17, 15) is 37.7 Å². The lowest BCUT2D eigenvalue weighted by atomic mass is 9.96. The number of guanidine groups is 1. The Balaban J connectivity index is 1.60. The third kappa shape index (κ3) is 5.14. The fraction of sp³-hybridized carbons (Fsp3) is 0.259. The van der Waals surface area contributed by atoms with Crippen molar-refractivity contribution in [2.75, 3.05) is 36.0 Å². The van der Waals surface area contributed by atoms with E-state index in [0.717, 1.165) is 23.9 Å². The molecule has 0 bridgehead atoms. The van der Waals surface area contributed by atoms with Gasteiger partial charge in [-0.1, -0.05) is 18.2 Å². The van der Waals surface area contributed by atoms with Gasteiger partial charge in [0.05, 0.1) is 23.7 Å². The van der Waals surface area contributed by atoms with Gasteiger partial charge in [-0.25, -0.2) is 9.38 Å². The van der Waals surface area contributed by atoms with Crippen molar-refractivity contribution >= 4 is 29.0 Å². The van der Waals surface area contributed by atoms with Crippen molar-refractivity contribution in [3.63, 3.8) is 0 Å². The fourth-order valence-electron chi connectivity index (χ4n) is 4.96. The molecule has 0 spiro atoms. The minimum Gasteiger partial charge on any atom is -0.508 e. The largest absolute Gasteiger partial charge is 0.508 e. The topological polar surface area (TPSA) is 99.8 Å². The van der Waals surface area contributed by atoms with E-state index in [4.69, 9.17) is 0 Å². The molecule has 0 saturated carbocycles. The number of carbonyl (C=O) groups is 1. The molecule has 3 N–H and O–H groups in total. The second kappa shape index (κ2) is 10.0. The number of alkyl halides is 3. The van der Waals surface area contributed by atoms with Crippen LogP contribution >= 0.6 is 0 Å². The first-order chi connectivity index (χ1) is 18.5. The second-order valence-corrected chi connectivity index (χ2v) is 9.27. The van der Waals surface area contributed by atoms with Crippen LogP contribution in [0.15, 0.2) is 65.7 Å². The van der Waals surface area contributed by atoms with E-state index >= 15 is 0 Å². The van der Waals surface area contributed by atoms with Crippen LogP contribution in [0.3, 0.4) is 0 Å². The Bertz CT molecular complexity index is 1440. The SMILES string of the molecule is O=C(O)C[C@H]1c2cccc(F)c2N=C(N2CCN(c3cccc(O)c3)CC2)N1c1cc(C(F)(F)F)ccc1O. The summed E-state index contributed by atoms with van der Waals surface area (Å²) in [5, 5.41) is 30.3. The molecule has 1 atom stereocenters. The number of carboxylic acid groups (broad SMARTS) is 1. The summed E-state index contributed by atoms with van der Waals surface area (Å²) in [6, 6.07) is 11.9. The molecule has 5 rings (SSSR count). The lowest BCUT2D eigenvalue weighted by Crippen LogP contribution is -2.55. The van der Waals surface area contributed by atoms with Crippen LogP contribution in [0.4, 0.5) is 34.6 Å². The maximum Gasteiger partial charge on any atom is 0.416 e. The fourth-order valence-corrected chi connectivity index (χ4v) is 4.96. The quantitative estimate of drug-likeness (QED) is 0.393. The van der Waals surface area contributed by atoms with Gasteiger partial charge in [0.1, 0.15) is 23.0 Å². The van der Waals surface area contributed by atoms with E-state index in [0.29, 0.717) is 26.2 Å². The molecule has 2 aliphatic rings. The van der Waals surface area contributed by atoms with E-state index in [-0.39, 0.29) is 28.6 Å². The number of anilines is 2. The van der Waals surface area contributed by atoms with Gasteiger partial charge in [0, 0.05) is 43.5 Å². The number of aliphatic carboxylic acids is 1. The molecule has 0 aromatic heterocycles. The highest BCUT2D eigenvalue weighted by molar-refractivity contribution is 6.02. The monoisotopic (exact) mass is 544 g/mol. The Morgan fingerprint density at radius 1 is 0.949 bits per heavy atom. The van der Waals surface area contributed by atoms with Crippen LogP contribution in [0.25, 0.3) is 0 Å². The Labute approximate surface area is 220 Å². The van der Waals surface area contributed by atoms with Gasteiger partial charge < -0.3 is 30.0 Å². The van der Waals surface area contributed by atoms with Crippen LogP contribution < -0.4 is 9.80 Å². The van der Waals surface area contributed by atoms with Crippen LogP contribution in [0.1, 0.15) is 23.6 Å². The second-order valence-electron chi connectivity index (χ2n) is 9.27. The van der Waals surface area contributed by atoms with Gasteiger partial charge in [0.25, 0.3) is 0 Å². The zero-order chi connectivity index (χ0) is 27.9. The number of carboxylic acids is 1. The maximum atomic E-state index is 15.0. The van der Waals surface area contributed by atoms with Crippen molar-refractivity contribution < 1.29 is 37.7 Å². The molecule has 2 aliphatic heterocycles. The first-order valence-electron chi connectivity index (χ1n) is 12.1. The van der Waals surface area contributed by atoms with E-state index in [1.807, 2.05) is 11.0 Å². The molecule has 1 fully saturated rings. The average Bonchev–Trinajstić information content (AvgIpc) is 2.88. The highest BCUT2D eigenvalue weighted by atomic mass is 19.4. The molecular formula is C27H24F4N4O4. The summed E-state index contributed by atoms with van der Waals surface area (Å²) in [4.78, 5) is 21.4. The molecule has 1 saturated heterocycles. The normalized spacial score (nSPS) is 17.6. The molecule has 12 heteroatoms. The summed E-state index contributed by atoms with van der Waals surface area (Å²) in [5.41, 5.74) is -0.483. The van der Waals surface area contributed by atoms with Crippen molar-refractivity contribution in [2.45, 2.75) is 18.6 Å². The zero-order valence-corrected chi connectivity index (χ0v) is 20.4. The Hall–Kier alpha value is -4.48. The number of rotatable bonds is 4. The molecule has 0 amide bonds. The Kier molecular flexibility index (Phi) is 6.71. The summed E-state index contributed by atoms with van der Waals surface area (Å²) in [6.45, 7) is 1.46. The van der Waals surface area contributed by atoms with Crippen molar-refractivity contribution in [3.05, 3.63) is 77.6 Å². The van der Waals surface area contributed by atoms with Crippen LogP contribution in [-0.4, -0.2) is 58.3 Å². The summed E-state index contributed by atoms with van der Waals surface area (Å²) >= 11 is 0. The molecule has 3 aromatic carbocycles. The number of phenols is 2. The van der Waals surface area contributed by atoms with Crippen molar-refractivity contribution in [1.82, 2.24) is 4.90 Å². The molecular weight excluding hydrogens is 520 g/mol. The lowest BCUT2D eigenvalue weighted by molar-refractivity contribution is -0.138. The third-order valence-electron chi connectivity index (χ3n) is 6.80. The van der Waals surface area contributed by atoms with E-state index in [1.165, 1.54) is 23.1 Å². The first kappa shape index (κ1) is 26.1. The zero-order valence-electron chi connectivity index (χ0n) is 20.4. The molecule has 8 nitrogen and oxygen atoms in total. The highest BCUT2D eigenvalue weighted by Crippen LogP contribution is 2.45. The summed E-state index contributed by atoms with van der Waals surface area (Å²) in [6.07, 6.45) is -5.32. The number of para-hydroxylation sites is 1. The molecule has 0 radical (unpaired) electrons. The predicted molar refractivity (Wildman–Crippen MR) is 136 cm³/mol. The summed E-state index contributed by atoms with van der Waals surface area (Å²) in [5.74, 6) is -2.34. The number of phenolic OH excluding ortho intramolecular Hbond substituents is 2. The molecule has 204 valence electrons. The van der Waals surface area contributed by atoms with Gasteiger partial charge in [-0.2, -0.15) is 13.2 Å². The van der Waals surface area contributed by atoms with Crippen LogP contribution in [0.2, 0.25) is 0 Å². The van der Waals surface area contributed by atoms with Crippen LogP contribution in [0.5, 0.6) is 11.5 Å². The molecule has 0 aliphatic carbocycles. The number of aliphatic imine (C=N–C) groups is 1. The number of fused-ring (bicyclic) bond motifs is 1. The van der Waals surface area contributed by atoms with Crippen molar-refractivity contribution in [1.29, 1.82) is 0 Å². The summed E-state index contributed by atoms with van der Waals surface area (Å²) < 4.78 is 55.9. The van der Waals surface area contributed by atoms with Crippen molar-refractivity contribution in [2.24, 2.45) is 4.99 Å². The minimum atomic E-state index is -4.73. The number of nitrogens with zero attached hydrogens (tertiary/aromatic N) is 4. The van der Waals surface area contributed by atoms with E-state index in [1.54, 1.807) is 23.1 Å². The predicted octanol–water partition coefficient (Wildman–Crippen LogP) is 5.10. The Morgan fingerprint density at radius 3 is 2.31 bits per heavy atom. The van der Waals surface area contributed by atoms with Gasteiger partial charge in [-0.05, 0) is 36.4 Å². The number of halogens is 4. The number of benzene rings is 3. The van der Waals surface area contributed by atoms with Gasteiger partial charge >= 0.3 is 12.1 Å². The minimum absolute atomic E-state index is 0.0315. The molecule has 0 unspecified atom stereocenters. The number of piperazine rings is 1. The van der Waals surface area contributed by atoms with E-state index < -0.39 is 41.7 Å². The first-order valence-corrected chi connectivity index (χ1v) is 12.1. The van der Waals surface area contributed by atoms with Gasteiger partial charge in [0.15, 0.2) is 0 Å². The molecule has 2 heterocycles. The Morgan fingerprint density at radius 2 is 1.64 bits per heavy atom. The summed E-state index contributed by atoms with van der Waals surface area (Å²) in [7, 11) is 0. The van der Waals surface area contributed by atoms with E-state index in [2.05, 4.69) is 4.99 Å². The molecule has 3 aromatic rings. The lowest BCUT2D eigenvalue weighted by Gasteiger charge is -2.45. The number of aromatic hydroxyl groups is 2. The van der Waals surface area contributed by atoms with Crippen LogP contribution in [0, 0.1) is 5.82 Å². The van der Waals surface area contributed by atoms with Gasteiger partial charge in [0.2, 0.25) is 5.96 Å². The molecule has 39 heavy (non-hydrogen) atoms.